The summed E-state index contributed by atoms with van der Waals surface area (Å²) in [6, 6.07) is 11.4. The van der Waals surface area contributed by atoms with Gasteiger partial charge in [-0.15, -0.1) is 0 Å². The third-order valence-electron chi connectivity index (χ3n) is 3.91. The molecule has 0 aliphatic carbocycles. The number of carbonyl (C=O) groups excluding carboxylic acids is 2. The van der Waals surface area contributed by atoms with Crippen LogP contribution in [-0.2, 0) is 13.0 Å². The van der Waals surface area contributed by atoms with E-state index in [1.165, 1.54) is 24.3 Å². The van der Waals surface area contributed by atoms with Crippen molar-refractivity contribution in [3.05, 3.63) is 94.8 Å². The monoisotopic (exact) mass is 367 g/mol. The molecule has 0 unspecified atom stereocenters. The number of rotatable bonds is 7. The molecule has 0 saturated heterocycles. The zero-order chi connectivity index (χ0) is 19.2. The van der Waals surface area contributed by atoms with Crippen molar-refractivity contribution < 1.29 is 23.1 Å². The molecule has 0 fully saturated rings. The number of pyridine rings is 1. The fourth-order valence-corrected chi connectivity index (χ4v) is 2.54. The van der Waals surface area contributed by atoms with E-state index in [0.29, 0.717) is 17.4 Å². The van der Waals surface area contributed by atoms with E-state index in [4.69, 9.17) is 4.74 Å². The van der Waals surface area contributed by atoms with Gasteiger partial charge in [0.25, 0.3) is 0 Å². The molecule has 6 heteroatoms. The number of benzene rings is 2. The molecule has 0 amide bonds. The predicted octanol–water partition coefficient (Wildman–Crippen LogP) is 4.18. The number of aromatic nitrogens is 1. The average Bonchev–Trinajstić information content (AvgIpc) is 2.69. The lowest BCUT2D eigenvalue weighted by Gasteiger charge is -2.12. The molecule has 0 atom stereocenters. The highest BCUT2D eigenvalue weighted by atomic mass is 19.2. The summed E-state index contributed by atoms with van der Waals surface area (Å²) in [6.07, 6.45) is 3.93. The highest BCUT2D eigenvalue weighted by molar-refractivity contribution is 6.01. The second-order valence-corrected chi connectivity index (χ2v) is 5.87. The van der Waals surface area contributed by atoms with Gasteiger partial charge in [0.1, 0.15) is 18.6 Å². The van der Waals surface area contributed by atoms with Crippen molar-refractivity contribution in [3.63, 3.8) is 0 Å². The number of Topliss-reactive ketones (excluding diaryl/α,β-unsaturated/α-hetero) is 1. The molecule has 1 heterocycles. The zero-order valence-corrected chi connectivity index (χ0v) is 14.2. The summed E-state index contributed by atoms with van der Waals surface area (Å²) in [5.74, 6) is -1.90. The van der Waals surface area contributed by atoms with Crippen LogP contribution in [-0.4, -0.2) is 17.1 Å². The normalized spacial score (nSPS) is 10.4. The number of hydrogen-bond acceptors (Lipinski definition) is 4. The van der Waals surface area contributed by atoms with Crippen LogP contribution in [0, 0.1) is 11.6 Å². The van der Waals surface area contributed by atoms with Crippen molar-refractivity contribution in [1.29, 1.82) is 0 Å². The van der Waals surface area contributed by atoms with Gasteiger partial charge in [-0.1, -0.05) is 12.1 Å². The van der Waals surface area contributed by atoms with Crippen LogP contribution in [0.1, 0.15) is 31.8 Å². The molecule has 0 aliphatic heterocycles. The number of nitrogens with zero attached hydrogens (tertiary/aromatic N) is 1. The van der Waals surface area contributed by atoms with Gasteiger partial charge in [0.15, 0.2) is 17.4 Å². The van der Waals surface area contributed by atoms with Gasteiger partial charge in [0, 0.05) is 24.4 Å². The molecule has 2 aromatic carbocycles. The topological polar surface area (TPSA) is 56.3 Å². The summed E-state index contributed by atoms with van der Waals surface area (Å²) in [4.78, 5) is 27.7. The van der Waals surface area contributed by atoms with Gasteiger partial charge in [-0.25, -0.2) is 8.78 Å². The van der Waals surface area contributed by atoms with E-state index in [2.05, 4.69) is 4.98 Å². The van der Waals surface area contributed by atoms with Crippen LogP contribution in [0.25, 0.3) is 0 Å². The summed E-state index contributed by atoms with van der Waals surface area (Å²) in [6.45, 7) is -0.0508. The first-order chi connectivity index (χ1) is 13.1. The second kappa shape index (κ2) is 8.31. The van der Waals surface area contributed by atoms with Crippen molar-refractivity contribution in [3.8, 4) is 5.75 Å². The van der Waals surface area contributed by atoms with Gasteiger partial charge >= 0.3 is 0 Å². The summed E-state index contributed by atoms with van der Waals surface area (Å²) in [5, 5.41) is 0. The molecular formula is C21H15F2NO3. The predicted molar refractivity (Wildman–Crippen MR) is 94.8 cm³/mol. The van der Waals surface area contributed by atoms with E-state index in [-0.39, 0.29) is 30.1 Å². The minimum absolute atomic E-state index is 0.0508. The lowest BCUT2D eigenvalue weighted by atomic mass is 10.0. The van der Waals surface area contributed by atoms with Crippen molar-refractivity contribution in [1.82, 2.24) is 4.98 Å². The molecule has 0 saturated carbocycles. The number of ether oxygens (including phenoxy) is 1. The Labute approximate surface area is 154 Å². The van der Waals surface area contributed by atoms with Gasteiger partial charge < -0.3 is 4.74 Å². The number of aldehydes is 1. The van der Waals surface area contributed by atoms with Gasteiger partial charge in [0.05, 0.1) is 5.56 Å². The van der Waals surface area contributed by atoms with Crippen LogP contribution in [0.4, 0.5) is 8.78 Å². The first kappa shape index (κ1) is 18.4. The fourth-order valence-electron chi connectivity index (χ4n) is 2.54. The van der Waals surface area contributed by atoms with E-state index in [9.17, 15) is 18.4 Å². The Hall–Kier alpha value is -3.41. The average molecular weight is 367 g/mol. The molecule has 0 radical (unpaired) electrons. The summed E-state index contributed by atoms with van der Waals surface area (Å²) in [5.41, 5.74) is 1.72. The SMILES string of the molecule is O=Cc1ccc(OCc2ccc(F)c(F)c2)c(C(=O)Cc2cccnc2)c1. The fraction of sp³-hybridized carbons (Fsp3) is 0.0952. The van der Waals surface area contributed by atoms with Crippen LogP contribution in [0.3, 0.4) is 0 Å². The molecule has 0 aliphatic rings. The quantitative estimate of drug-likeness (QED) is 0.464. The molecule has 0 spiro atoms. The van der Waals surface area contributed by atoms with E-state index in [0.717, 1.165) is 17.7 Å². The first-order valence-electron chi connectivity index (χ1n) is 8.15. The molecule has 3 rings (SSSR count). The van der Waals surface area contributed by atoms with Crippen LogP contribution >= 0.6 is 0 Å². The molecule has 0 N–H and O–H groups in total. The Morgan fingerprint density at radius 1 is 1.04 bits per heavy atom. The van der Waals surface area contributed by atoms with Crippen LogP contribution in [0.15, 0.2) is 60.9 Å². The Balaban J connectivity index is 1.82. The molecule has 3 aromatic rings. The molecular weight excluding hydrogens is 352 g/mol. The van der Waals surface area contributed by atoms with Crippen LogP contribution in [0.2, 0.25) is 0 Å². The maximum atomic E-state index is 13.3. The number of carbonyl (C=O) groups is 2. The Kier molecular flexibility index (Phi) is 5.66. The van der Waals surface area contributed by atoms with Crippen molar-refractivity contribution in [2.75, 3.05) is 0 Å². The van der Waals surface area contributed by atoms with Crippen molar-refractivity contribution in [2.24, 2.45) is 0 Å². The Morgan fingerprint density at radius 3 is 2.59 bits per heavy atom. The molecule has 1 aromatic heterocycles. The maximum Gasteiger partial charge on any atom is 0.171 e. The zero-order valence-electron chi connectivity index (χ0n) is 14.2. The van der Waals surface area contributed by atoms with Gasteiger partial charge in [-0.2, -0.15) is 0 Å². The largest absolute Gasteiger partial charge is 0.488 e. The highest BCUT2D eigenvalue weighted by Crippen LogP contribution is 2.23. The lowest BCUT2D eigenvalue weighted by molar-refractivity contribution is 0.0988. The summed E-state index contributed by atoms with van der Waals surface area (Å²) < 4.78 is 32.0. The van der Waals surface area contributed by atoms with E-state index in [1.807, 2.05) is 0 Å². The molecule has 0 bridgehead atoms. The van der Waals surface area contributed by atoms with E-state index < -0.39 is 11.6 Å². The highest BCUT2D eigenvalue weighted by Gasteiger charge is 2.15. The van der Waals surface area contributed by atoms with Crippen molar-refractivity contribution in [2.45, 2.75) is 13.0 Å². The molecule has 4 nitrogen and oxygen atoms in total. The third-order valence-corrected chi connectivity index (χ3v) is 3.91. The molecule has 27 heavy (non-hydrogen) atoms. The number of ketones is 1. The molecule has 136 valence electrons. The summed E-state index contributed by atoms with van der Waals surface area (Å²) >= 11 is 0. The van der Waals surface area contributed by atoms with Gasteiger partial charge in [-0.3, -0.25) is 14.6 Å². The van der Waals surface area contributed by atoms with Crippen LogP contribution < -0.4 is 4.74 Å². The first-order valence-corrected chi connectivity index (χ1v) is 8.15. The number of halogens is 2. The number of hydrogen-bond donors (Lipinski definition) is 0. The van der Waals surface area contributed by atoms with E-state index in [1.54, 1.807) is 24.5 Å². The smallest absolute Gasteiger partial charge is 0.171 e. The third kappa shape index (κ3) is 4.61. The minimum atomic E-state index is -0.972. The van der Waals surface area contributed by atoms with Gasteiger partial charge in [-0.05, 0) is 47.5 Å². The van der Waals surface area contributed by atoms with Crippen LogP contribution in [0.5, 0.6) is 5.75 Å². The lowest BCUT2D eigenvalue weighted by Crippen LogP contribution is -2.08. The second-order valence-electron chi connectivity index (χ2n) is 5.87. The minimum Gasteiger partial charge on any atom is -0.488 e. The standard InChI is InChI=1S/C21H15F2NO3/c22-18-5-3-16(9-19(18)23)13-27-21-6-4-15(12-25)8-17(21)20(26)10-14-2-1-7-24-11-14/h1-9,11-12H,10,13H2. The van der Waals surface area contributed by atoms with E-state index >= 15 is 0 Å². The maximum absolute atomic E-state index is 13.3. The summed E-state index contributed by atoms with van der Waals surface area (Å²) in [7, 11) is 0. The van der Waals surface area contributed by atoms with Crippen molar-refractivity contribution >= 4 is 12.1 Å². The Bertz CT molecular complexity index is 974. The van der Waals surface area contributed by atoms with Gasteiger partial charge in [0.2, 0.25) is 0 Å². The Morgan fingerprint density at radius 2 is 1.89 bits per heavy atom.